The Balaban J connectivity index is 1.42. The Morgan fingerprint density at radius 2 is 1.94 bits per heavy atom. The minimum Gasteiger partial charge on any atom is -0.362 e. The van der Waals surface area contributed by atoms with Crippen LogP contribution in [-0.4, -0.2) is 59.0 Å². The fourth-order valence-electron chi connectivity index (χ4n) is 4.28. The Bertz CT molecular complexity index is 990. The molecule has 2 fully saturated rings. The summed E-state index contributed by atoms with van der Waals surface area (Å²) in [6.07, 6.45) is 3.52. The van der Waals surface area contributed by atoms with Crippen LogP contribution in [0.4, 0.5) is 11.8 Å². The van der Waals surface area contributed by atoms with Crippen LogP contribution in [0.1, 0.15) is 38.3 Å². The average Bonchev–Trinajstić information content (AvgIpc) is 3.22. The third kappa shape index (κ3) is 4.91. The Morgan fingerprint density at radius 3 is 2.59 bits per heavy atom. The average molecular weight is 498 g/mol. The van der Waals surface area contributed by atoms with Gasteiger partial charge >= 0.3 is 0 Å². The Morgan fingerprint density at radius 1 is 1.19 bits per heavy atom. The summed E-state index contributed by atoms with van der Waals surface area (Å²) in [6.45, 7) is 7.50. The Kier molecular flexibility index (Phi) is 7.00. The molecule has 172 valence electrons. The molecule has 1 aromatic carbocycles. The molecule has 10 heteroatoms. The highest BCUT2D eigenvalue weighted by molar-refractivity contribution is 6.35. The van der Waals surface area contributed by atoms with Gasteiger partial charge in [0, 0.05) is 36.2 Å². The molecule has 2 atom stereocenters. The van der Waals surface area contributed by atoms with Gasteiger partial charge in [0.15, 0.2) is 5.82 Å². The van der Waals surface area contributed by atoms with Crippen LogP contribution in [0.2, 0.25) is 15.1 Å². The fourth-order valence-corrected chi connectivity index (χ4v) is 5.00. The van der Waals surface area contributed by atoms with E-state index in [1.165, 1.54) is 0 Å². The molecular formula is C22H27Cl3N6O. The molecule has 2 aromatic rings. The number of aromatic nitrogens is 2. The van der Waals surface area contributed by atoms with Crippen molar-refractivity contribution in [3.63, 3.8) is 0 Å². The standard InChI is InChI=1S/C22H27Cl3N6O/c1-14(16-5-4-15(23)12-17(16)24)28-19-18(25)13-26-21(29-19)31-10-8-30(9-11-31)20(32)22(2)6-3-7-27-22/h4-5,12-14,27H,3,6-11H2,1-2H3,(H,26,28,29)/t14-,22-/m1/s1. The number of hydrogen-bond donors (Lipinski definition) is 2. The summed E-state index contributed by atoms with van der Waals surface area (Å²) in [7, 11) is 0. The summed E-state index contributed by atoms with van der Waals surface area (Å²) >= 11 is 18.7. The van der Waals surface area contributed by atoms with Gasteiger partial charge in [-0.05, 0) is 50.9 Å². The zero-order valence-corrected chi connectivity index (χ0v) is 20.4. The van der Waals surface area contributed by atoms with Crippen molar-refractivity contribution in [2.75, 3.05) is 42.9 Å². The van der Waals surface area contributed by atoms with Gasteiger partial charge in [0.1, 0.15) is 5.02 Å². The lowest BCUT2D eigenvalue weighted by Crippen LogP contribution is -2.58. The fraction of sp³-hybridized carbons (Fsp3) is 0.500. The van der Waals surface area contributed by atoms with E-state index >= 15 is 0 Å². The molecule has 32 heavy (non-hydrogen) atoms. The lowest BCUT2D eigenvalue weighted by atomic mass is 9.98. The van der Waals surface area contributed by atoms with E-state index in [0.29, 0.717) is 53.0 Å². The molecule has 0 spiro atoms. The largest absolute Gasteiger partial charge is 0.362 e. The maximum absolute atomic E-state index is 12.9. The predicted octanol–water partition coefficient (Wildman–Crippen LogP) is 4.40. The maximum Gasteiger partial charge on any atom is 0.242 e. The second kappa shape index (κ2) is 9.59. The number of carbonyl (C=O) groups is 1. The van der Waals surface area contributed by atoms with E-state index in [2.05, 4.69) is 25.5 Å². The zero-order valence-electron chi connectivity index (χ0n) is 18.2. The first kappa shape index (κ1) is 23.4. The normalized spacial score (nSPS) is 22.2. The van der Waals surface area contributed by atoms with Gasteiger partial charge in [-0.1, -0.05) is 40.9 Å². The minimum absolute atomic E-state index is 0.130. The molecule has 2 N–H and O–H groups in total. The molecule has 0 unspecified atom stereocenters. The number of halogens is 3. The van der Waals surface area contributed by atoms with E-state index < -0.39 is 5.54 Å². The molecule has 0 bridgehead atoms. The van der Waals surface area contributed by atoms with E-state index in [-0.39, 0.29) is 11.9 Å². The van der Waals surface area contributed by atoms with E-state index in [4.69, 9.17) is 34.8 Å². The van der Waals surface area contributed by atoms with Crippen LogP contribution in [0.25, 0.3) is 0 Å². The molecule has 2 aliphatic rings. The number of piperazine rings is 1. The Labute approximate surface area is 203 Å². The summed E-state index contributed by atoms with van der Waals surface area (Å²) in [4.78, 5) is 26.0. The maximum atomic E-state index is 12.9. The first-order valence-corrected chi connectivity index (χ1v) is 11.9. The minimum atomic E-state index is -0.435. The van der Waals surface area contributed by atoms with Crippen molar-refractivity contribution in [2.24, 2.45) is 0 Å². The first-order valence-electron chi connectivity index (χ1n) is 10.8. The first-order chi connectivity index (χ1) is 15.3. The molecular weight excluding hydrogens is 471 g/mol. The van der Waals surface area contributed by atoms with Gasteiger partial charge in [0.25, 0.3) is 0 Å². The molecule has 1 aromatic heterocycles. The number of amides is 1. The third-order valence-electron chi connectivity index (χ3n) is 6.20. The molecule has 0 radical (unpaired) electrons. The number of benzene rings is 1. The second-order valence-electron chi connectivity index (χ2n) is 8.54. The van der Waals surface area contributed by atoms with Gasteiger partial charge in [0.05, 0.1) is 17.8 Å². The van der Waals surface area contributed by atoms with Gasteiger partial charge < -0.3 is 20.4 Å². The van der Waals surface area contributed by atoms with E-state index in [9.17, 15) is 4.79 Å². The number of anilines is 2. The summed E-state index contributed by atoms with van der Waals surface area (Å²) in [5, 5.41) is 8.28. The SMILES string of the molecule is C[C@@H](Nc1nc(N2CCN(C(=O)[C@@]3(C)CCCN3)CC2)ncc1Cl)c1ccc(Cl)cc1Cl. The van der Waals surface area contributed by atoms with Crippen molar-refractivity contribution in [2.45, 2.75) is 38.3 Å². The third-order valence-corrected chi connectivity index (χ3v) is 7.04. The van der Waals surface area contributed by atoms with Gasteiger partial charge in [-0.25, -0.2) is 4.98 Å². The summed E-state index contributed by atoms with van der Waals surface area (Å²) in [5.74, 6) is 1.31. The van der Waals surface area contributed by atoms with Crippen molar-refractivity contribution in [1.82, 2.24) is 20.2 Å². The van der Waals surface area contributed by atoms with Crippen LogP contribution in [0.5, 0.6) is 0 Å². The highest BCUT2D eigenvalue weighted by atomic mass is 35.5. The molecule has 4 rings (SSSR count). The number of nitrogens with one attached hydrogen (secondary N) is 2. The summed E-state index contributed by atoms with van der Waals surface area (Å²) in [6, 6.07) is 5.27. The van der Waals surface area contributed by atoms with E-state index in [1.807, 2.05) is 24.8 Å². The van der Waals surface area contributed by atoms with Crippen molar-refractivity contribution in [3.8, 4) is 0 Å². The molecule has 3 heterocycles. The monoisotopic (exact) mass is 496 g/mol. The molecule has 0 aliphatic carbocycles. The topological polar surface area (TPSA) is 73.4 Å². The van der Waals surface area contributed by atoms with Crippen LogP contribution in [0.15, 0.2) is 24.4 Å². The highest BCUT2D eigenvalue weighted by Crippen LogP contribution is 2.31. The van der Waals surface area contributed by atoms with Gasteiger partial charge in [-0.15, -0.1) is 0 Å². The van der Waals surface area contributed by atoms with Crippen LogP contribution >= 0.6 is 34.8 Å². The zero-order chi connectivity index (χ0) is 22.9. The number of rotatable bonds is 5. The van der Waals surface area contributed by atoms with Gasteiger partial charge in [-0.3, -0.25) is 4.79 Å². The van der Waals surface area contributed by atoms with Crippen LogP contribution < -0.4 is 15.5 Å². The number of nitrogens with zero attached hydrogens (tertiary/aromatic N) is 4. The van der Waals surface area contributed by atoms with Crippen molar-refractivity contribution in [1.29, 1.82) is 0 Å². The van der Waals surface area contributed by atoms with E-state index in [1.54, 1.807) is 18.3 Å². The lowest BCUT2D eigenvalue weighted by molar-refractivity contribution is -0.137. The number of carbonyl (C=O) groups excluding carboxylic acids is 1. The molecule has 2 saturated heterocycles. The quantitative estimate of drug-likeness (QED) is 0.638. The lowest BCUT2D eigenvalue weighted by Gasteiger charge is -2.38. The number of hydrogen-bond acceptors (Lipinski definition) is 6. The highest BCUT2D eigenvalue weighted by Gasteiger charge is 2.39. The van der Waals surface area contributed by atoms with Gasteiger partial charge in [-0.2, -0.15) is 4.98 Å². The van der Waals surface area contributed by atoms with Crippen LogP contribution in [0, 0.1) is 0 Å². The van der Waals surface area contributed by atoms with E-state index in [0.717, 1.165) is 24.9 Å². The summed E-state index contributed by atoms with van der Waals surface area (Å²) < 4.78 is 0. The Hall–Kier alpha value is -1.80. The van der Waals surface area contributed by atoms with Crippen LogP contribution in [-0.2, 0) is 4.79 Å². The van der Waals surface area contributed by atoms with Crippen molar-refractivity contribution < 1.29 is 4.79 Å². The molecule has 2 aliphatic heterocycles. The van der Waals surface area contributed by atoms with Crippen molar-refractivity contribution >= 4 is 52.5 Å². The summed E-state index contributed by atoms with van der Waals surface area (Å²) in [5.41, 5.74) is 0.461. The second-order valence-corrected chi connectivity index (χ2v) is 9.79. The van der Waals surface area contributed by atoms with Crippen LogP contribution in [0.3, 0.4) is 0 Å². The molecule has 1 amide bonds. The predicted molar refractivity (Wildman–Crippen MR) is 130 cm³/mol. The van der Waals surface area contributed by atoms with Crippen molar-refractivity contribution in [3.05, 3.63) is 45.0 Å². The molecule has 7 nitrogen and oxygen atoms in total. The smallest absolute Gasteiger partial charge is 0.242 e. The molecule has 0 saturated carbocycles. The van der Waals surface area contributed by atoms with Gasteiger partial charge in [0.2, 0.25) is 11.9 Å².